The molecule has 236 valence electrons. The largest absolute Gasteiger partial charge is 0.463 e. The second-order valence-electron chi connectivity index (χ2n) is 11.3. The number of nitrogens with one attached hydrogen (secondary N) is 2. The number of pyridine rings is 1. The first-order valence-electron chi connectivity index (χ1n) is 14.6. The standard InChI is InChI=1S/C29H43N5O6.2ClH/c1-3-39-26(36)18-40-25(35)17-31-23(14-20-8-5-4-6-9-20)27(37)34-13-7-10-22-15-29(22,34)28(38)32-16-21-11-12-24(30)33-19(21)2;;/h11-12,20,22-23,31H,3-10,13-18H2,1-2H3,(H2,30,33)(H,32,38);2*1H/t22-,23-,29+;;/m1../s1. The third-order valence-corrected chi connectivity index (χ3v) is 8.55. The number of carbonyl (C=O) groups excluding carboxylic acids is 4. The summed E-state index contributed by atoms with van der Waals surface area (Å²) < 4.78 is 9.82. The highest BCUT2D eigenvalue weighted by Crippen LogP contribution is 2.54. The molecule has 2 aliphatic carbocycles. The minimum absolute atomic E-state index is 0. The van der Waals surface area contributed by atoms with Crippen LogP contribution in [0.15, 0.2) is 12.1 Å². The molecule has 0 spiro atoms. The minimum atomic E-state index is -0.860. The molecule has 0 aromatic carbocycles. The third kappa shape index (κ3) is 8.70. The number of aryl methyl sites for hydroxylation is 1. The molecule has 3 aliphatic rings. The van der Waals surface area contributed by atoms with Crippen molar-refractivity contribution in [3.8, 4) is 0 Å². The zero-order valence-electron chi connectivity index (χ0n) is 24.5. The Morgan fingerprint density at radius 3 is 2.50 bits per heavy atom. The SMILES string of the molecule is CCOC(=O)COC(=O)CN[C@H](CC1CCCCC1)C(=O)N1CCC[C@@H]2C[C@@]21C(=O)NCc1ccc(N)nc1C.Cl.Cl. The smallest absolute Gasteiger partial charge is 0.344 e. The zero-order chi connectivity index (χ0) is 28.7. The zero-order valence-corrected chi connectivity index (χ0v) is 26.2. The number of fused-ring (bicyclic) bond motifs is 1. The first kappa shape index (κ1) is 35.6. The van der Waals surface area contributed by atoms with E-state index in [4.69, 9.17) is 15.2 Å². The van der Waals surface area contributed by atoms with Crippen molar-refractivity contribution in [2.45, 2.75) is 89.8 Å². The second-order valence-corrected chi connectivity index (χ2v) is 11.3. The molecule has 2 heterocycles. The summed E-state index contributed by atoms with van der Waals surface area (Å²) in [7, 11) is 0. The van der Waals surface area contributed by atoms with E-state index in [1.165, 1.54) is 6.42 Å². The molecule has 42 heavy (non-hydrogen) atoms. The highest BCUT2D eigenvalue weighted by atomic mass is 35.5. The van der Waals surface area contributed by atoms with E-state index < -0.39 is 30.1 Å². The van der Waals surface area contributed by atoms with Crippen LogP contribution in [0.4, 0.5) is 5.82 Å². The number of esters is 2. The lowest BCUT2D eigenvalue weighted by molar-refractivity contribution is -0.158. The van der Waals surface area contributed by atoms with Crippen LogP contribution in [0.5, 0.6) is 0 Å². The van der Waals surface area contributed by atoms with E-state index in [0.29, 0.717) is 37.7 Å². The molecule has 0 bridgehead atoms. The quantitative estimate of drug-likeness (QED) is 0.296. The number of nitrogen functional groups attached to an aromatic ring is 1. The van der Waals surface area contributed by atoms with Crippen LogP contribution in [0.25, 0.3) is 0 Å². The van der Waals surface area contributed by atoms with Crippen LogP contribution in [0, 0.1) is 18.8 Å². The molecular weight excluding hydrogens is 585 g/mol. The Bertz CT molecular complexity index is 1100. The number of ether oxygens (including phenoxy) is 2. The molecule has 0 unspecified atom stereocenters. The number of piperidine rings is 1. The summed E-state index contributed by atoms with van der Waals surface area (Å²) in [6, 6.07) is 2.95. The van der Waals surface area contributed by atoms with Crippen LogP contribution in [-0.2, 0) is 35.2 Å². The summed E-state index contributed by atoms with van der Waals surface area (Å²) in [5.41, 5.74) is 6.54. The van der Waals surface area contributed by atoms with E-state index in [9.17, 15) is 19.2 Å². The number of likely N-dealkylation sites (tertiary alicyclic amines) is 1. The van der Waals surface area contributed by atoms with Gasteiger partial charge in [-0.25, -0.2) is 9.78 Å². The summed E-state index contributed by atoms with van der Waals surface area (Å²) in [5.74, 6) is -0.608. The number of anilines is 1. The van der Waals surface area contributed by atoms with Crippen molar-refractivity contribution < 1.29 is 28.7 Å². The van der Waals surface area contributed by atoms with Crippen molar-refractivity contribution in [3.05, 3.63) is 23.4 Å². The lowest BCUT2D eigenvalue weighted by Crippen LogP contribution is -2.59. The highest BCUT2D eigenvalue weighted by Gasteiger charge is 2.66. The van der Waals surface area contributed by atoms with Crippen LogP contribution < -0.4 is 16.4 Å². The lowest BCUT2D eigenvalue weighted by Gasteiger charge is -2.38. The summed E-state index contributed by atoms with van der Waals surface area (Å²) >= 11 is 0. The Morgan fingerprint density at radius 1 is 1.07 bits per heavy atom. The number of rotatable bonds is 12. The van der Waals surface area contributed by atoms with Crippen molar-refractivity contribution in [2.75, 3.05) is 32.0 Å². The lowest BCUT2D eigenvalue weighted by atomic mass is 9.84. The Morgan fingerprint density at radius 2 is 1.81 bits per heavy atom. The Hall–Kier alpha value is -2.63. The van der Waals surface area contributed by atoms with Gasteiger partial charge in [0.2, 0.25) is 11.8 Å². The predicted octanol–water partition coefficient (Wildman–Crippen LogP) is 2.85. The molecule has 0 radical (unpaired) electrons. The molecule has 1 aliphatic heterocycles. The molecule has 1 saturated heterocycles. The molecule has 4 N–H and O–H groups in total. The van der Waals surface area contributed by atoms with Crippen molar-refractivity contribution in [1.82, 2.24) is 20.5 Å². The van der Waals surface area contributed by atoms with E-state index in [2.05, 4.69) is 15.6 Å². The Labute approximate surface area is 260 Å². The molecule has 11 nitrogen and oxygen atoms in total. The van der Waals surface area contributed by atoms with Crippen LogP contribution in [-0.4, -0.2) is 71.5 Å². The van der Waals surface area contributed by atoms with E-state index in [1.54, 1.807) is 17.9 Å². The number of hydrogen-bond acceptors (Lipinski definition) is 9. The topological polar surface area (TPSA) is 153 Å². The highest BCUT2D eigenvalue weighted by molar-refractivity contribution is 5.96. The van der Waals surface area contributed by atoms with E-state index in [0.717, 1.165) is 49.8 Å². The van der Waals surface area contributed by atoms with Crippen LogP contribution in [0.3, 0.4) is 0 Å². The number of nitrogens with zero attached hydrogens (tertiary/aromatic N) is 2. The van der Waals surface area contributed by atoms with E-state index in [-0.39, 0.29) is 55.7 Å². The Balaban J connectivity index is 0.00000308. The average Bonchev–Trinajstić information content (AvgIpc) is 3.70. The first-order chi connectivity index (χ1) is 19.2. The monoisotopic (exact) mass is 629 g/mol. The molecular formula is C29H45Cl2N5O6. The fraction of sp³-hybridized carbons (Fsp3) is 0.690. The van der Waals surface area contributed by atoms with Gasteiger partial charge in [-0.3, -0.25) is 19.7 Å². The molecule has 1 aromatic rings. The van der Waals surface area contributed by atoms with Gasteiger partial charge in [0.25, 0.3) is 0 Å². The first-order valence-corrected chi connectivity index (χ1v) is 14.6. The van der Waals surface area contributed by atoms with Gasteiger partial charge in [-0.15, -0.1) is 24.8 Å². The molecule has 1 aromatic heterocycles. The summed E-state index contributed by atoms with van der Waals surface area (Å²) in [5, 5.41) is 6.17. The van der Waals surface area contributed by atoms with Gasteiger partial charge < -0.3 is 25.4 Å². The number of hydrogen-bond donors (Lipinski definition) is 3. The normalized spacial score (nSPS) is 22.0. The summed E-state index contributed by atoms with van der Waals surface area (Å²) in [6.45, 7) is 3.88. The number of nitrogens with two attached hydrogens (primary N) is 1. The van der Waals surface area contributed by atoms with Gasteiger partial charge >= 0.3 is 11.9 Å². The maximum Gasteiger partial charge on any atom is 0.344 e. The van der Waals surface area contributed by atoms with Gasteiger partial charge in [-0.2, -0.15) is 0 Å². The maximum absolute atomic E-state index is 14.1. The van der Waals surface area contributed by atoms with E-state index in [1.807, 2.05) is 13.0 Å². The molecule has 3 fully saturated rings. The summed E-state index contributed by atoms with van der Waals surface area (Å²) in [6.07, 6.45) is 8.52. The maximum atomic E-state index is 14.1. The van der Waals surface area contributed by atoms with Crippen molar-refractivity contribution >= 4 is 54.4 Å². The fourth-order valence-electron chi connectivity index (χ4n) is 6.33. The Kier molecular flexibility index (Phi) is 13.8. The van der Waals surface area contributed by atoms with Gasteiger partial charge in [-0.05, 0) is 63.0 Å². The number of aromatic nitrogens is 1. The van der Waals surface area contributed by atoms with Crippen molar-refractivity contribution in [3.63, 3.8) is 0 Å². The number of carbonyl (C=O) groups is 4. The third-order valence-electron chi connectivity index (χ3n) is 8.55. The van der Waals surface area contributed by atoms with Crippen molar-refractivity contribution in [2.24, 2.45) is 11.8 Å². The molecule has 2 saturated carbocycles. The average molecular weight is 631 g/mol. The summed E-state index contributed by atoms with van der Waals surface area (Å²) in [4.78, 5) is 57.6. The number of amides is 2. The predicted molar refractivity (Wildman–Crippen MR) is 162 cm³/mol. The van der Waals surface area contributed by atoms with Gasteiger partial charge in [0.15, 0.2) is 6.61 Å². The van der Waals surface area contributed by atoms with Crippen LogP contribution >= 0.6 is 24.8 Å². The van der Waals surface area contributed by atoms with Gasteiger partial charge in [-0.1, -0.05) is 38.2 Å². The van der Waals surface area contributed by atoms with Gasteiger partial charge in [0.05, 0.1) is 19.2 Å². The molecule has 4 rings (SSSR count). The second kappa shape index (κ2) is 16.3. The minimum Gasteiger partial charge on any atom is -0.463 e. The molecule has 13 heteroatoms. The molecule has 3 atom stereocenters. The van der Waals surface area contributed by atoms with Crippen LogP contribution in [0.2, 0.25) is 0 Å². The van der Waals surface area contributed by atoms with Crippen LogP contribution in [0.1, 0.15) is 76.0 Å². The number of halogens is 2. The van der Waals surface area contributed by atoms with Crippen molar-refractivity contribution in [1.29, 1.82) is 0 Å². The van der Waals surface area contributed by atoms with Gasteiger partial charge in [0, 0.05) is 18.8 Å². The van der Waals surface area contributed by atoms with Gasteiger partial charge in [0.1, 0.15) is 11.4 Å². The fourth-order valence-corrected chi connectivity index (χ4v) is 6.33. The van der Waals surface area contributed by atoms with E-state index >= 15 is 0 Å². The molecule has 2 amide bonds.